The summed E-state index contributed by atoms with van der Waals surface area (Å²) < 4.78 is 43.1. The van der Waals surface area contributed by atoms with Crippen molar-refractivity contribution in [2.75, 3.05) is 13.2 Å². The molecule has 0 fully saturated rings. The Morgan fingerprint density at radius 2 is 2.08 bits per heavy atom. The number of aromatic hydroxyl groups is 1. The number of halogens is 3. The number of hydrogen-bond acceptors (Lipinski definition) is 4. The molecule has 1 aliphatic rings. The van der Waals surface area contributed by atoms with Gasteiger partial charge in [0, 0.05) is 6.54 Å². The van der Waals surface area contributed by atoms with E-state index in [2.05, 4.69) is 0 Å². The van der Waals surface area contributed by atoms with Crippen LogP contribution in [0.5, 0.6) is 5.75 Å². The molecule has 0 radical (unpaired) electrons. The lowest BCUT2D eigenvalue weighted by molar-refractivity contribution is -0.165. The monoisotopic (exact) mass is 345 g/mol. The first-order valence-corrected chi connectivity index (χ1v) is 7.51. The lowest BCUT2D eigenvalue weighted by Crippen LogP contribution is -2.41. The van der Waals surface area contributed by atoms with Gasteiger partial charge >= 0.3 is 12.1 Å². The van der Waals surface area contributed by atoms with Crippen LogP contribution in [0.1, 0.15) is 24.5 Å². The molecule has 0 saturated heterocycles. The highest BCUT2D eigenvalue weighted by Gasteiger charge is 2.38. The van der Waals surface area contributed by atoms with Gasteiger partial charge in [-0.25, -0.2) is 0 Å². The van der Waals surface area contributed by atoms with E-state index < -0.39 is 30.5 Å². The first-order chi connectivity index (χ1) is 11.2. The summed E-state index contributed by atoms with van der Waals surface area (Å²) >= 11 is 0. The molecule has 2 rings (SSSR count). The quantitative estimate of drug-likeness (QED) is 0.851. The van der Waals surface area contributed by atoms with Crippen molar-refractivity contribution in [2.24, 2.45) is 5.92 Å². The molecule has 1 amide bonds. The van der Waals surface area contributed by atoms with Gasteiger partial charge in [0.2, 0.25) is 5.91 Å². The van der Waals surface area contributed by atoms with E-state index in [1.54, 1.807) is 13.0 Å². The van der Waals surface area contributed by atoms with Crippen molar-refractivity contribution in [3.63, 3.8) is 0 Å². The predicted molar refractivity (Wildman–Crippen MR) is 78.0 cm³/mol. The Morgan fingerprint density at radius 3 is 2.71 bits per heavy atom. The highest BCUT2D eigenvalue weighted by atomic mass is 19.4. The molecule has 1 heterocycles. The number of alkyl halides is 3. The zero-order chi connectivity index (χ0) is 17.9. The summed E-state index contributed by atoms with van der Waals surface area (Å²) in [6.07, 6.45) is -4.70. The number of carbonyl (C=O) groups excluding carboxylic acids is 2. The smallest absolute Gasteiger partial charge is 0.406 e. The first-order valence-electron chi connectivity index (χ1n) is 7.51. The van der Waals surface area contributed by atoms with Crippen LogP contribution in [0.2, 0.25) is 0 Å². The molecule has 1 atom stereocenters. The Balaban J connectivity index is 2.32. The van der Waals surface area contributed by atoms with Crippen molar-refractivity contribution in [1.82, 2.24) is 4.90 Å². The van der Waals surface area contributed by atoms with Crippen molar-refractivity contribution in [1.29, 1.82) is 0 Å². The van der Waals surface area contributed by atoms with Crippen LogP contribution in [0, 0.1) is 5.92 Å². The van der Waals surface area contributed by atoms with Gasteiger partial charge in [-0.05, 0) is 36.6 Å². The fourth-order valence-electron chi connectivity index (χ4n) is 2.78. The molecule has 5 nitrogen and oxygen atoms in total. The Kier molecular flexibility index (Phi) is 5.36. The first kappa shape index (κ1) is 18.1. The number of phenolic OH excluding ortho intramolecular Hbond substituents is 1. The second kappa shape index (κ2) is 7.11. The van der Waals surface area contributed by atoms with E-state index in [1.165, 1.54) is 12.1 Å². The average molecular weight is 345 g/mol. The van der Waals surface area contributed by atoms with Gasteiger partial charge in [0.1, 0.15) is 12.3 Å². The van der Waals surface area contributed by atoms with Gasteiger partial charge in [0.15, 0.2) is 0 Å². The third kappa shape index (κ3) is 4.62. The zero-order valence-corrected chi connectivity index (χ0v) is 13.1. The van der Waals surface area contributed by atoms with Crippen molar-refractivity contribution in [2.45, 2.75) is 32.5 Å². The van der Waals surface area contributed by atoms with Crippen LogP contribution < -0.4 is 0 Å². The SMILES string of the molecule is CCOC(=O)C[C@@H]1Cc2ccc(O)cc2CN(CC(F)(F)F)C1=O. The minimum atomic E-state index is -4.55. The minimum absolute atomic E-state index is 0.0861. The van der Waals surface area contributed by atoms with E-state index in [9.17, 15) is 27.9 Å². The molecule has 0 saturated carbocycles. The Bertz CT molecular complexity index is 630. The molecular weight excluding hydrogens is 327 g/mol. The molecule has 8 heteroatoms. The zero-order valence-electron chi connectivity index (χ0n) is 13.1. The topological polar surface area (TPSA) is 66.8 Å². The predicted octanol–water partition coefficient (Wildman–Crippen LogP) is 2.41. The van der Waals surface area contributed by atoms with E-state index in [0.29, 0.717) is 16.0 Å². The van der Waals surface area contributed by atoms with Gasteiger partial charge in [-0.3, -0.25) is 9.59 Å². The van der Waals surface area contributed by atoms with Crippen LogP contribution in [-0.4, -0.2) is 41.2 Å². The Morgan fingerprint density at radius 1 is 1.38 bits per heavy atom. The lowest BCUT2D eigenvalue weighted by atomic mass is 9.94. The normalized spacial score (nSPS) is 18.1. The summed E-state index contributed by atoms with van der Waals surface area (Å²) in [5.74, 6) is -2.37. The van der Waals surface area contributed by atoms with Crippen LogP contribution in [0.25, 0.3) is 0 Å². The number of benzene rings is 1. The molecule has 0 bridgehead atoms. The van der Waals surface area contributed by atoms with Crippen molar-refractivity contribution in [3.8, 4) is 5.75 Å². The second-order valence-corrected chi connectivity index (χ2v) is 5.67. The molecule has 1 aromatic carbocycles. The maximum atomic E-state index is 12.8. The fraction of sp³-hybridized carbons (Fsp3) is 0.500. The van der Waals surface area contributed by atoms with Crippen LogP contribution in [-0.2, 0) is 27.3 Å². The summed E-state index contributed by atoms with van der Waals surface area (Å²) in [6.45, 7) is 0.0823. The maximum Gasteiger partial charge on any atom is 0.406 e. The number of ether oxygens (including phenoxy) is 1. The summed E-state index contributed by atoms with van der Waals surface area (Å²) in [4.78, 5) is 24.8. The van der Waals surface area contributed by atoms with E-state index in [0.717, 1.165) is 0 Å². The number of rotatable bonds is 4. The van der Waals surface area contributed by atoms with Crippen molar-refractivity contribution < 1.29 is 32.6 Å². The number of nitrogens with zero attached hydrogens (tertiary/aromatic N) is 1. The largest absolute Gasteiger partial charge is 0.508 e. The molecule has 1 aromatic rings. The second-order valence-electron chi connectivity index (χ2n) is 5.67. The molecule has 0 unspecified atom stereocenters. The van der Waals surface area contributed by atoms with Gasteiger partial charge in [-0.2, -0.15) is 13.2 Å². The highest BCUT2D eigenvalue weighted by molar-refractivity contribution is 5.84. The van der Waals surface area contributed by atoms with Gasteiger partial charge in [0.05, 0.1) is 18.9 Å². The number of amides is 1. The van der Waals surface area contributed by atoms with E-state index in [1.807, 2.05) is 0 Å². The molecule has 1 aliphatic heterocycles. The summed E-state index contributed by atoms with van der Waals surface area (Å²) in [5.41, 5.74) is 1.08. The molecule has 0 aromatic heterocycles. The molecule has 0 aliphatic carbocycles. The Hall–Kier alpha value is -2.25. The molecular formula is C16H18F3NO4. The fourth-order valence-corrected chi connectivity index (χ4v) is 2.78. The van der Waals surface area contributed by atoms with E-state index in [4.69, 9.17) is 4.74 Å². The van der Waals surface area contributed by atoms with E-state index >= 15 is 0 Å². The van der Waals surface area contributed by atoms with Gasteiger partial charge < -0.3 is 14.7 Å². The van der Waals surface area contributed by atoms with Crippen molar-refractivity contribution >= 4 is 11.9 Å². The summed E-state index contributed by atoms with van der Waals surface area (Å²) in [5, 5.41) is 9.55. The van der Waals surface area contributed by atoms with E-state index in [-0.39, 0.29) is 31.7 Å². The minimum Gasteiger partial charge on any atom is -0.508 e. The lowest BCUT2D eigenvalue weighted by Gasteiger charge is -2.25. The molecule has 24 heavy (non-hydrogen) atoms. The van der Waals surface area contributed by atoms with Gasteiger partial charge in [-0.1, -0.05) is 6.07 Å². The van der Waals surface area contributed by atoms with Crippen molar-refractivity contribution in [3.05, 3.63) is 29.3 Å². The average Bonchev–Trinajstić information content (AvgIpc) is 2.57. The van der Waals surface area contributed by atoms with Gasteiger partial charge in [0.25, 0.3) is 0 Å². The van der Waals surface area contributed by atoms with Crippen LogP contribution in [0.15, 0.2) is 18.2 Å². The highest BCUT2D eigenvalue weighted by Crippen LogP contribution is 2.29. The third-order valence-corrected chi connectivity index (χ3v) is 3.77. The number of carbonyl (C=O) groups is 2. The third-order valence-electron chi connectivity index (χ3n) is 3.77. The van der Waals surface area contributed by atoms with Crippen LogP contribution in [0.4, 0.5) is 13.2 Å². The number of phenols is 1. The van der Waals surface area contributed by atoms with Gasteiger partial charge in [-0.15, -0.1) is 0 Å². The Labute approximate surface area is 137 Å². The summed E-state index contributed by atoms with van der Waals surface area (Å²) in [7, 11) is 0. The summed E-state index contributed by atoms with van der Waals surface area (Å²) in [6, 6.07) is 4.32. The van der Waals surface area contributed by atoms with Crippen LogP contribution >= 0.6 is 0 Å². The number of fused-ring (bicyclic) bond motifs is 1. The number of esters is 1. The maximum absolute atomic E-state index is 12.8. The molecule has 0 spiro atoms. The molecule has 132 valence electrons. The number of hydrogen-bond donors (Lipinski definition) is 1. The van der Waals surface area contributed by atoms with Crippen LogP contribution in [0.3, 0.4) is 0 Å². The molecule has 1 N–H and O–H groups in total. The standard InChI is InChI=1S/C16H18F3NO4/c1-2-24-14(22)7-11-5-10-3-4-13(21)6-12(10)8-20(15(11)23)9-16(17,18)19/h3-4,6,11,21H,2,5,7-9H2,1H3/t11-/m0/s1.